The van der Waals surface area contributed by atoms with Gasteiger partial charge in [-0.3, -0.25) is 4.79 Å². The summed E-state index contributed by atoms with van der Waals surface area (Å²) in [6, 6.07) is 0.266. The molecule has 0 aromatic rings. The Labute approximate surface area is 105 Å². The van der Waals surface area contributed by atoms with Crippen LogP contribution in [0.25, 0.3) is 0 Å². The smallest absolute Gasteiger partial charge is 0.307 e. The number of carbonyl (C=O) groups is 1. The van der Waals surface area contributed by atoms with Gasteiger partial charge in [-0.05, 0) is 52.9 Å². The Balaban J connectivity index is 2.28. The zero-order valence-electron chi connectivity index (χ0n) is 11.6. The molecule has 100 valence electrons. The van der Waals surface area contributed by atoms with Gasteiger partial charge in [0.05, 0.1) is 13.5 Å². The van der Waals surface area contributed by atoms with Crippen LogP contribution in [0.5, 0.6) is 0 Å². The Morgan fingerprint density at radius 3 is 2.59 bits per heavy atom. The molecule has 4 nitrogen and oxygen atoms in total. The zero-order valence-corrected chi connectivity index (χ0v) is 11.6. The fourth-order valence-corrected chi connectivity index (χ4v) is 2.31. The van der Waals surface area contributed by atoms with Gasteiger partial charge < -0.3 is 14.5 Å². The van der Waals surface area contributed by atoms with Crippen molar-refractivity contribution in [2.75, 3.05) is 40.8 Å². The van der Waals surface area contributed by atoms with Crippen molar-refractivity contribution in [3.05, 3.63) is 0 Å². The number of piperidine rings is 1. The maximum absolute atomic E-state index is 11.2. The molecule has 0 aromatic heterocycles. The zero-order chi connectivity index (χ0) is 12.8. The summed E-state index contributed by atoms with van der Waals surface area (Å²) >= 11 is 0. The molecule has 4 heteroatoms. The number of hydrogen-bond donors (Lipinski definition) is 0. The molecule has 0 aromatic carbocycles. The van der Waals surface area contributed by atoms with E-state index in [0.717, 1.165) is 12.5 Å². The molecule has 0 spiro atoms. The topological polar surface area (TPSA) is 32.8 Å². The van der Waals surface area contributed by atoms with Crippen LogP contribution in [0.2, 0.25) is 0 Å². The van der Waals surface area contributed by atoms with Gasteiger partial charge in [0.25, 0.3) is 0 Å². The third-order valence-electron chi connectivity index (χ3n) is 3.83. The number of hydrogen-bond acceptors (Lipinski definition) is 4. The van der Waals surface area contributed by atoms with E-state index in [1.807, 2.05) is 0 Å². The van der Waals surface area contributed by atoms with Crippen molar-refractivity contribution in [3.8, 4) is 0 Å². The summed E-state index contributed by atoms with van der Waals surface area (Å²) in [5, 5.41) is 0. The number of esters is 1. The Morgan fingerprint density at radius 1 is 1.47 bits per heavy atom. The minimum atomic E-state index is -0.118. The average Bonchev–Trinajstić information content (AvgIpc) is 2.31. The van der Waals surface area contributed by atoms with Crippen LogP contribution in [-0.4, -0.2) is 62.7 Å². The lowest BCUT2D eigenvalue weighted by Crippen LogP contribution is -2.39. The minimum Gasteiger partial charge on any atom is -0.469 e. The summed E-state index contributed by atoms with van der Waals surface area (Å²) in [6.07, 6.45) is 3.02. The van der Waals surface area contributed by atoms with E-state index in [9.17, 15) is 4.79 Å². The van der Waals surface area contributed by atoms with Crippen LogP contribution in [0.3, 0.4) is 0 Å². The van der Waals surface area contributed by atoms with E-state index >= 15 is 0 Å². The molecule has 1 aliphatic rings. The highest BCUT2D eigenvalue weighted by Gasteiger charge is 2.21. The van der Waals surface area contributed by atoms with Crippen LogP contribution in [0, 0.1) is 5.92 Å². The molecule has 0 amide bonds. The summed E-state index contributed by atoms with van der Waals surface area (Å²) in [4.78, 5) is 15.9. The molecule has 1 atom stereocenters. The Morgan fingerprint density at radius 2 is 2.06 bits per heavy atom. The third-order valence-corrected chi connectivity index (χ3v) is 3.83. The van der Waals surface area contributed by atoms with Gasteiger partial charge in [-0.25, -0.2) is 0 Å². The highest BCUT2D eigenvalue weighted by Crippen LogP contribution is 2.18. The monoisotopic (exact) mass is 242 g/mol. The van der Waals surface area contributed by atoms with Gasteiger partial charge in [-0.15, -0.1) is 0 Å². The highest BCUT2D eigenvalue weighted by molar-refractivity contribution is 5.69. The molecule has 0 bridgehead atoms. The second kappa shape index (κ2) is 6.97. The second-order valence-electron chi connectivity index (χ2n) is 5.32. The largest absolute Gasteiger partial charge is 0.469 e. The van der Waals surface area contributed by atoms with E-state index in [4.69, 9.17) is 4.74 Å². The van der Waals surface area contributed by atoms with Crippen LogP contribution in [-0.2, 0) is 9.53 Å². The lowest BCUT2D eigenvalue weighted by molar-refractivity contribution is -0.141. The van der Waals surface area contributed by atoms with Crippen LogP contribution >= 0.6 is 0 Å². The Kier molecular flexibility index (Phi) is 5.92. The van der Waals surface area contributed by atoms with E-state index in [-0.39, 0.29) is 12.0 Å². The lowest BCUT2D eigenvalue weighted by atomic mass is 9.96. The van der Waals surface area contributed by atoms with Crippen molar-refractivity contribution >= 4 is 5.97 Å². The first-order valence-electron chi connectivity index (χ1n) is 6.48. The minimum absolute atomic E-state index is 0.118. The number of rotatable bonds is 5. The summed E-state index contributed by atoms with van der Waals surface area (Å²) in [7, 11) is 5.73. The van der Waals surface area contributed by atoms with Gasteiger partial charge >= 0.3 is 5.97 Å². The first-order chi connectivity index (χ1) is 8.02. The number of carbonyl (C=O) groups excluding carboxylic acids is 1. The maximum atomic E-state index is 11.2. The van der Waals surface area contributed by atoms with Crippen molar-refractivity contribution in [3.63, 3.8) is 0 Å². The maximum Gasteiger partial charge on any atom is 0.307 e. The van der Waals surface area contributed by atoms with E-state index in [1.165, 1.54) is 33.0 Å². The third kappa shape index (κ3) is 5.04. The van der Waals surface area contributed by atoms with Crippen LogP contribution in [0.1, 0.15) is 26.2 Å². The molecule has 1 fully saturated rings. The van der Waals surface area contributed by atoms with Gasteiger partial charge in [0.2, 0.25) is 0 Å². The van der Waals surface area contributed by atoms with Crippen molar-refractivity contribution in [2.24, 2.45) is 5.92 Å². The quantitative estimate of drug-likeness (QED) is 0.679. The fourth-order valence-electron chi connectivity index (χ4n) is 2.31. The Hall–Kier alpha value is -0.610. The van der Waals surface area contributed by atoms with Crippen LogP contribution in [0.15, 0.2) is 0 Å². The molecule has 1 heterocycles. The predicted molar refractivity (Wildman–Crippen MR) is 68.9 cm³/mol. The van der Waals surface area contributed by atoms with Crippen molar-refractivity contribution in [1.29, 1.82) is 0 Å². The average molecular weight is 242 g/mol. The van der Waals surface area contributed by atoms with E-state index < -0.39 is 0 Å². The Bertz CT molecular complexity index is 238. The normalized spacial score (nSPS) is 20.5. The number of ether oxygens (including phenoxy) is 1. The van der Waals surface area contributed by atoms with Crippen LogP contribution in [0.4, 0.5) is 0 Å². The van der Waals surface area contributed by atoms with Crippen LogP contribution < -0.4 is 0 Å². The van der Waals surface area contributed by atoms with Crippen molar-refractivity contribution in [1.82, 2.24) is 9.80 Å². The van der Waals surface area contributed by atoms with Gasteiger partial charge in [-0.2, -0.15) is 0 Å². The molecule has 1 unspecified atom stereocenters. The van der Waals surface area contributed by atoms with Gasteiger partial charge in [0, 0.05) is 12.6 Å². The van der Waals surface area contributed by atoms with E-state index in [0.29, 0.717) is 6.42 Å². The molecular weight excluding hydrogens is 216 g/mol. The lowest BCUT2D eigenvalue weighted by Gasteiger charge is -2.33. The second-order valence-corrected chi connectivity index (χ2v) is 5.32. The SMILES string of the molecule is COC(=O)CC(C)N(C)CC1CCN(C)CC1. The first kappa shape index (κ1) is 14.5. The van der Waals surface area contributed by atoms with Gasteiger partial charge in [0.1, 0.15) is 0 Å². The molecule has 0 saturated carbocycles. The highest BCUT2D eigenvalue weighted by atomic mass is 16.5. The van der Waals surface area contributed by atoms with Crippen molar-refractivity contribution < 1.29 is 9.53 Å². The van der Waals surface area contributed by atoms with E-state index in [2.05, 4.69) is 30.8 Å². The van der Waals surface area contributed by atoms with Gasteiger partial charge in [-0.1, -0.05) is 0 Å². The molecule has 0 radical (unpaired) electrons. The van der Waals surface area contributed by atoms with E-state index in [1.54, 1.807) is 0 Å². The molecule has 1 aliphatic heterocycles. The summed E-state index contributed by atoms with van der Waals surface area (Å²) < 4.78 is 4.70. The summed E-state index contributed by atoms with van der Waals surface area (Å²) in [5.74, 6) is 0.657. The molecule has 0 N–H and O–H groups in total. The number of methoxy groups -OCH3 is 1. The number of likely N-dealkylation sites (tertiary alicyclic amines) is 1. The van der Waals surface area contributed by atoms with Crippen molar-refractivity contribution in [2.45, 2.75) is 32.2 Å². The standard InChI is InChI=1S/C13H26N2O2/c1-11(9-13(16)17-4)15(3)10-12-5-7-14(2)8-6-12/h11-12H,5-10H2,1-4H3. The molecule has 0 aliphatic carbocycles. The number of nitrogens with zero attached hydrogens (tertiary/aromatic N) is 2. The predicted octanol–water partition coefficient (Wildman–Crippen LogP) is 1.21. The fraction of sp³-hybridized carbons (Fsp3) is 0.923. The molecule has 1 saturated heterocycles. The summed E-state index contributed by atoms with van der Waals surface area (Å²) in [6.45, 7) is 5.58. The molecular formula is C13H26N2O2. The molecule has 17 heavy (non-hydrogen) atoms. The van der Waals surface area contributed by atoms with Gasteiger partial charge in [0.15, 0.2) is 0 Å². The molecule has 1 rings (SSSR count). The summed E-state index contributed by atoms with van der Waals surface area (Å²) in [5.41, 5.74) is 0. The first-order valence-corrected chi connectivity index (χ1v) is 6.48.